The summed E-state index contributed by atoms with van der Waals surface area (Å²) in [5.41, 5.74) is 3.65. The van der Waals surface area contributed by atoms with E-state index in [0.29, 0.717) is 6.42 Å². The van der Waals surface area contributed by atoms with Crippen LogP contribution in [0.5, 0.6) is 0 Å². The third kappa shape index (κ3) is 3.20. The molecule has 0 aliphatic carbocycles. The molecule has 1 heterocycles. The molecule has 5 heteroatoms. The van der Waals surface area contributed by atoms with Crippen molar-refractivity contribution in [1.29, 1.82) is 0 Å². The predicted molar refractivity (Wildman–Crippen MR) is 87.3 cm³/mol. The molecule has 2 rings (SSSR count). The Morgan fingerprint density at radius 3 is 2.55 bits per heavy atom. The van der Waals surface area contributed by atoms with Gasteiger partial charge in [-0.25, -0.2) is 0 Å². The fourth-order valence-electron chi connectivity index (χ4n) is 2.19. The van der Waals surface area contributed by atoms with E-state index in [2.05, 4.69) is 37.0 Å². The summed E-state index contributed by atoms with van der Waals surface area (Å²) in [6.45, 7) is 6.70. The molecule has 0 aliphatic rings. The van der Waals surface area contributed by atoms with Crippen LogP contribution in [0.3, 0.4) is 0 Å². The van der Waals surface area contributed by atoms with Gasteiger partial charge in [0.1, 0.15) is 0 Å². The lowest BCUT2D eigenvalue weighted by Crippen LogP contribution is -2.10. The van der Waals surface area contributed by atoms with Crippen molar-refractivity contribution in [3.8, 4) is 0 Å². The Morgan fingerprint density at radius 1 is 1.25 bits per heavy atom. The molecule has 0 unspecified atom stereocenters. The lowest BCUT2D eigenvalue weighted by Gasteiger charge is -2.06. The summed E-state index contributed by atoms with van der Waals surface area (Å²) in [4.78, 5) is 12.5. The number of benzene rings is 1. The zero-order valence-electron chi connectivity index (χ0n) is 11.7. The molecule has 0 saturated carbocycles. The van der Waals surface area contributed by atoms with Crippen molar-refractivity contribution in [3.05, 3.63) is 49.7 Å². The number of aryl methyl sites for hydroxylation is 3. The largest absolute Gasteiger partial charge is 0.294 e. The molecule has 0 atom stereocenters. The number of ketones is 1. The van der Waals surface area contributed by atoms with Crippen molar-refractivity contribution in [2.45, 2.75) is 33.7 Å². The highest BCUT2D eigenvalue weighted by molar-refractivity contribution is 9.10. The smallest absolute Gasteiger partial charge is 0.168 e. The fourth-order valence-corrected chi connectivity index (χ4v) is 3.22. The third-order valence-corrected chi connectivity index (χ3v) is 4.63. The number of halogens is 2. The summed E-state index contributed by atoms with van der Waals surface area (Å²) in [6, 6.07) is 5.77. The van der Waals surface area contributed by atoms with Gasteiger partial charge >= 0.3 is 0 Å². The van der Waals surface area contributed by atoms with Crippen molar-refractivity contribution in [3.63, 3.8) is 0 Å². The van der Waals surface area contributed by atoms with Gasteiger partial charge in [-0.2, -0.15) is 5.10 Å². The maximum atomic E-state index is 12.5. The summed E-state index contributed by atoms with van der Waals surface area (Å²) in [7, 11) is 0. The van der Waals surface area contributed by atoms with Gasteiger partial charge < -0.3 is 0 Å². The summed E-state index contributed by atoms with van der Waals surface area (Å²) >= 11 is 6.96. The second-order valence-corrected chi connectivity index (χ2v) is 6.49. The van der Waals surface area contributed by atoms with Gasteiger partial charge in [-0.1, -0.05) is 15.9 Å². The van der Waals surface area contributed by atoms with Crippen LogP contribution in [0.4, 0.5) is 0 Å². The number of aromatic nitrogens is 2. The SMILES string of the molecule is CCn1nc(C)c(Br)c1CC(=O)c1cc(C)cc(Br)c1. The average Bonchev–Trinajstić information content (AvgIpc) is 2.65. The Kier molecular flexibility index (Phi) is 4.81. The van der Waals surface area contributed by atoms with Gasteiger partial charge in [0.05, 0.1) is 22.3 Å². The second kappa shape index (κ2) is 6.22. The van der Waals surface area contributed by atoms with E-state index in [9.17, 15) is 4.79 Å². The number of hydrogen-bond acceptors (Lipinski definition) is 2. The molecule has 0 aliphatic heterocycles. The second-order valence-electron chi connectivity index (χ2n) is 4.78. The zero-order chi connectivity index (χ0) is 14.9. The third-order valence-electron chi connectivity index (χ3n) is 3.14. The van der Waals surface area contributed by atoms with Gasteiger partial charge in [0.15, 0.2) is 5.78 Å². The molecule has 0 saturated heterocycles. The molecule has 1 aromatic heterocycles. The van der Waals surface area contributed by atoms with Crippen LogP contribution >= 0.6 is 31.9 Å². The molecule has 0 bridgehead atoms. The molecule has 106 valence electrons. The summed E-state index contributed by atoms with van der Waals surface area (Å²) in [6.07, 6.45) is 0.352. The molecule has 0 N–H and O–H groups in total. The maximum Gasteiger partial charge on any atom is 0.168 e. The first kappa shape index (κ1) is 15.4. The number of hydrogen-bond donors (Lipinski definition) is 0. The van der Waals surface area contributed by atoms with Crippen LogP contribution in [0.25, 0.3) is 0 Å². The molecule has 3 nitrogen and oxygen atoms in total. The van der Waals surface area contributed by atoms with E-state index in [0.717, 1.165) is 38.0 Å². The normalized spacial score (nSPS) is 10.8. The van der Waals surface area contributed by atoms with E-state index in [4.69, 9.17) is 0 Å². The van der Waals surface area contributed by atoms with Crippen molar-refractivity contribution in [2.24, 2.45) is 0 Å². The van der Waals surface area contributed by atoms with Gasteiger partial charge in [-0.15, -0.1) is 0 Å². The van der Waals surface area contributed by atoms with E-state index in [1.54, 1.807) is 0 Å². The van der Waals surface area contributed by atoms with E-state index < -0.39 is 0 Å². The molecule has 1 aromatic carbocycles. The van der Waals surface area contributed by atoms with Crippen LogP contribution in [-0.4, -0.2) is 15.6 Å². The molecule has 0 amide bonds. The summed E-state index contributed by atoms with van der Waals surface area (Å²) < 4.78 is 3.74. The highest BCUT2D eigenvalue weighted by Gasteiger charge is 2.17. The minimum absolute atomic E-state index is 0.102. The van der Waals surface area contributed by atoms with Gasteiger partial charge in [-0.3, -0.25) is 9.48 Å². The number of carbonyl (C=O) groups is 1. The number of nitrogens with zero attached hydrogens (tertiary/aromatic N) is 2. The van der Waals surface area contributed by atoms with Crippen molar-refractivity contribution >= 4 is 37.6 Å². The van der Waals surface area contributed by atoms with Crippen LogP contribution in [0.15, 0.2) is 27.1 Å². The Bertz CT molecular complexity index is 642. The zero-order valence-corrected chi connectivity index (χ0v) is 14.9. The van der Waals surface area contributed by atoms with Crippen molar-refractivity contribution in [1.82, 2.24) is 9.78 Å². The van der Waals surface area contributed by atoms with Crippen LogP contribution in [0, 0.1) is 13.8 Å². The highest BCUT2D eigenvalue weighted by atomic mass is 79.9. The lowest BCUT2D eigenvalue weighted by atomic mass is 10.0. The Balaban J connectivity index is 2.32. The maximum absolute atomic E-state index is 12.5. The van der Waals surface area contributed by atoms with Crippen LogP contribution in [0.1, 0.15) is 34.2 Å². The topological polar surface area (TPSA) is 34.9 Å². The summed E-state index contributed by atoms with van der Waals surface area (Å²) in [5, 5.41) is 4.42. The first-order valence-electron chi connectivity index (χ1n) is 6.44. The predicted octanol–water partition coefficient (Wildman–Crippen LogP) is 4.47. The molecule has 0 fully saturated rings. The minimum atomic E-state index is 0.102. The van der Waals surface area contributed by atoms with Gasteiger partial charge in [-0.05, 0) is 60.5 Å². The standard InChI is InChI=1S/C15H16Br2N2O/c1-4-19-13(15(17)10(3)18-19)8-14(20)11-5-9(2)6-12(16)7-11/h5-7H,4,8H2,1-3H3. The van der Waals surface area contributed by atoms with E-state index in [1.165, 1.54) is 0 Å². The molecule has 2 aromatic rings. The molecular formula is C15H16Br2N2O. The van der Waals surface area contributed by atoms with E-state index >= 15 is 0 Å². The first-order valence-corrected chi connectivity index (χ1v) is 8.03. The molecule has 0 spiro atoms. The summed E-state index contributed by atoms with van der Waals surface area (Å²) in [5.74, 6) is 0.102. The molecular weight excluding hydrogens is 384 g/mol. The van der Waals surface area contributed by atoms with Crippen LogP contribution in [0.2, 0.25) is 0 Å². The van der Waals surface area contributed by atoms with Crippen molar-refractivity contribution in [2.75, 3.05) is 0 Å². The monoisotopic (exact) mass is 398 g/mol. The van der Waals surface area contributed by atoms with E-state index in [-0.39, 0.29) is 5.78 Å². The van der Waals surface area contributed by atoms with Crippen molar-refractivity contribution < 1.29 is 4.79 Å². The van der Waals surface area contributed by atoms with E-state index in [1.807, 2.05) is 43.7 Å². The number of Topliss-reactive ketones (excluding diaryl/α,β-unsaturated/α-hetero) is 1. The first-order chi connectivity index (χ1) is 9.42. The fraction of sp³-hybridized carbons (Fsp3) is 0.333. The lowest BCUT2D eigenvalue weighted by molar-refractivity contribution is 0.0990. The van der Waals surface area contributed by atoms with Gasteiger partial charge in [0.2, 0.25) is 0 Å². The van der Waals surface area contributed by atoms with Gasteiger partial charge in [0.25, 0.3) is 0 Å². The Hall–Kier alpha value is -0.940. The molecule has 20 heavy (non-hydrogen) atoms. The van der Waals surface area contributed by atoms with Crippen LogP contribution in [-0.2, 0) is 13.0 Å². The quantitative estimate of drug-likeness (QED) is 0.710. The molecule has 0 radical (unpaired) electrons. The van der Waals surface area contributed by atoms with Gasteiger partial charge in [0, 0.05) is 16.6 Å². The Labute approximate surface area is 135 Å². The Morgan fingerprint density at radius 2 is 1.95 bits per heavy atom. The number of carbonyl (C=O) groups excluding carboxylic acids is 1. The number of rotatable bonds is 4. The minimum Gasteiger partial charge on any atom is -0.294 e. The average molecular weight is 400 g/mol. The van der Waals surface area contributed by atoms with Crippen LogP contribution < -0.4 is 0 Å². The highest BCUT2D eigenvalue weighted by Crippen LogP contribution is 2.23.